The molecular weight excluding hydrogens is 166 g/mol. The van der Waals surface area contributed by atoms with Gasteiger partial charge in [-0.05, 0) is 30.6 Å². The van der Waals surface area contributed by atoms with Gasteiger partial charge in [-0.2, -0.15) is 12.6 Å². The SMILES string of the molecule is CNC(C(C)C)C(C)(C)CCS. The summed E-state index contributed by atoms with van der Waals surface area (Å²) in [6, 6.07) is 0.588. The molecule has 0 aliphatic heterocycles. The topological polar surface area (TPSA) is 12.0 Å². The molecule has 1 nitrogen and oxygen atoms in total. The maximum Gasteiger partial charge on any atom is 0.0138 e. The lowest BCUT2D eigenvalue weighted by Crippen LogP contribution is -2.44. The molecule has 0 amide bonds. The maximum atomic E-state index is 4.29. The van der Waals surface area contributed by atoms with Gasteiger partial charge in [0.2, 0.25) is 0 Å². The summed E-state index contributed by atoms with van der Waals surface area (Å²) < 4.78 is 0. The van der Waals surface area contributed by atoms with Crippen LogP contribution in [0.5, 0.6) is 0 Å². The quantitative estimate of drug-likeness (QED) is 0.634. The molecule has 0 aromatic heterocycles. The Kier molecular flexibility index (Phi) is 5.26. The van der Waals surface area contributed by atoms with Crippen molar-refractivity contribution in [3.8, 4) is 0 Å². The largest absolute Gasteiger partial charge is 0.316 e. The minimum absolute atomic E-state index is 0.352. The van der Waals surface area contributed by atoms with Crippen LogP contribution in [-0.4, -0.2) is 18.8 Å². The molecule has 0 aliphatic carbocycles. The summed E-state index contributed by atoms with van der Waals surface area (Å²) in [4.78, 5) is 0. The lowest BCUT2D eigenvalue weighted by Gasteiger charge is -2.36. The van der Waals surface area contributed by atoms with Crippen molar-refractivity contribution >= 4 is 12.6 Å². The van der Waals surface area contributed by atoms with Crippen LogP contribution < -0.4 is 5.32 Å². The van der Waals surface area contributed by atoms with Gasteiger partial charge in [-0.15, -0.1) is 0 Å². The Hall–Kier alpha value is 0.310. The Morgan fingerprint density at radius 1 is 1.33 bits per heavy atom. The minimum Gasteiger partial charge on any atom is -0.316 e. The van der Waals surface area contributed by atoms with Gasteiger partial charge in [0.1, 0.15) is 0 Å². The summed E-state index contributed by atoms with van der Waals surface area (Å²) in [6.45, 7) is 9.15. The van der Waals surface area contributed by atoms with Crippen LogP contribution in [0.1, 0.15) is 34.1 Å². The second-order valence-electron chi connectivity index (χ2n) is 4.47. The molecule has 0 spiro atoms. The fourth-order valence-electron chi connectivity index (χ4n) is 2.07. The van der Waals surface area contributed by atoms with Crippen LogP contribution in [0.4, 0.5) is 0 Å². The molecule has 74 valence electrons. The predicted octanol–water partition coefficient (Wildman–Crippen LogP) is 2.58. The molecule has 0 rings (SSSR count). The third-order valence-corrected chi connectivity index (χ3v) is 2.80. The lowest BCUT2D eigenvalue weighted by molar-refractivity contribution is 0.195. The van der Waals surface area contributed by atoms with E-state index in [-0.39, 0.29) is 0 Å². The zero-order valence-electron chi connectivity index (χ0n) is 9.02. The molecule has 0 aromatic rings. The van der Waals surface area contributed by atoms with Gasteiger partial charge in [-0.25, -0.2) is 0 Å². The van der Waals surface area contributed by atoms with Crippen molar-refractivity contribution < 1.29 is 0 Å². The van der Waals surface area contributed by atoms with Gasteiger partial charge in [0.15, 0.2) is 0 Å². The summed E-state index contributed by atoms with van der Waals surface area (Å²) in [6.07, 6.45) is 1.17. The molecule has 1 atom stereocenters. The van der Waals surface area contributed by atoms with Crippen LogP contribution >= 0.6 is 12.6 Å². The molecule has 1 N–H and O–H groups in total. The van der Waals surface area contributed by atoms with E-state index < -0.39 is 0 Å². The predicted molar refractivity (Wildman–Crippen MR) is 59.9 cm³/mol. The Balaban J connectivity index is 4.25. The van der Waals surface area contributed by atoms with Crippen molar-refractivity contribution in [2.24, 2.45) is 11.3 Å². The molecule has 12 heavy (non-hydrogen) atoms. The highest BCUT2D eigenvalue weighted by molar-refractivity contribution is 7.80. The van der Waals surface area contributed by atoms with E-state index in [0.717, 1.165) is 5.75 Å². The van der Waals surface area contributed by atoms with E-state index in [2.05, 4.69) is 45.6 Å². The smallest absolute Gasteiger partial charge is 0.0138 e. The fraction of sp³-hybridized carbons (Fsp3) is 1.00. The molecule has 2 heteroatoms. The van der Waals surface area contributed by atoms with E-state index in [1.165, 1.54) is 6.42 Å². The van der Waals surface area contributed by atoms with Gasteiger partial charge in [0.25, 0.3) is 0 Å². The van der Waals surface area contributed by atoms with Crippen LogP contribution in [0.25, 0.3) is 0 Å². The maximum absolute atomic E-state index is 4.29. The Morgan fingerprint density at radius 2 is 1.83 bits per heavy atom. The van der Waals surface area contributed by atoms with E-state index in [1.54, 1.807) is 0 Å². The molecule has 0 heterocycles. The number of rotatable bonds is 5. The standard InChI is InChI=1S/C10H23NS/c1-8(2)9(11-5)10(3,4)6-7-12/h8-9,11-12H,6-7H2,1-5H3. The molecule has 1 unspecified atom stereocenters. The van der Waals surface area contributed by atoms with Crippen molar-refractivity contribution in [1.82, 2.24) is 5.32 Å². The van der Waals surface area contributed by atoms with Crippen LogP contribution in [0, 0.1) is 11.3 Å². The van der Waals surface area contributed by atoms with Crippen molar-refractivity contribution in [3.63, 3.8) is 0 Å². The molecule has 0 aromatic carbocycles. The van der Waals surface area contributed by atoms with Gasteiger partial charge in [-0.1, -0.05) is 27.7 Å². The van der Waals surface area contributed by atoms with Gasteiger partial charge in [-0.3, -0.25) is 0 Å². The van der Waals surface area contributed by atoms with Crippen LogP contribution in [0.2, 0.25) is 0 Å². The van der Waals surface area contributed by atoms with Crippen molar-refractivity contribution in [2.75, 3.05) is 12.8 Å². The highest BCUT2D eigenvalue weighted by Crippen LogP contribution is 2.29. The van der Waals surface area contributed by atoms with Crippen LogP contribution in [-0.2, 0) is 0 Å². The lowest BCUT2D eigenvalue weighted by atomic mass is 9.76. The molecular formula is C10H23NS. The first-order valence-electron chi connectivity index (χ1n) is 4.74. The summed E-state index contributed by atoms with van der Waals surface area (Å²) in [5, 5.41) is 3.39. The third-order valence-electron chi connectivity index (χ3n) is 2.58. The first-order chi connectivity index (χ1) is 5.45. The molecule has 0 saturated carbocycles. The summed E-state index contributed by atoms with van der Waals surface area (Å²) in [7, 11) is 2.05. The first kappa shape index (κ1) is 12.3. The van der Waals surface area contributed by atoms with Gasteiger partial charge >= 0.3 is 0 Å². The van der Waals surface area contributed by atoms with E-state index in [0.29, 0.717) is 17.4 Å². The number of hydrogen-bond donors (Lipinski definition) is 2. The Bertz CT molecular complexity index is 121. The highest BCUT2D eigenvalue weighted by atomic mass is 32.1. The molecule has 0 saturated heterocycles. The summed E-state index contributed by atoms with van der Waals surface area (Å²) >= 11 is 4.29. The average Bonchev–Trinajstić information content (AvgIpc) is 1.86. The third kappa shape index (κ3) is 3.36. The second-order valence-corrected chi connectivity index (χ2v) is 4.92. The second kappa shape index (κ2) is 5.13. The van der Waals surface area contributed by atoms with E-state index in [9.17, 15) is 0 Å². The van der Waals surface area contributed by atoms with E-state index in [1.807, 2.05) is 7.05 Å². The number of hydrogen-bond acceptors (Lipinski definition) is 2. The fourth-order valence-corrected chi connectivity index (χ4v) is 2.65. The number of thiol groups is 1. The molecule has 0 aliphatic rings. The summed E-state index contributed by atoms with van der Waals surface area (Å²) in [5.74, 6) is 1.66. The molecule has 0 fully saturated rings. The zero-order chi connectivity index (χ0) is 9.78. The summed E-state index contributed by atoms with van der Waals surface area (Å²) in [5.41, 5.74) is 0.352. The Morgan fingerprint density at radius 3 is 2.08 bits per heavy atom. The van der Waals surface area contributed by atoms with Gasteiger partial charge in [0.05, 0.1) is 0 Å². The van der Waals surface area contributed by atoms with E-state index in [4.69, 9.17) is 0 Å². The Labute approximate surface area is 82.7 Å². The molecule has 0 bridgehead atoms. The average molecular weight is 189 g/mol. The van der Waals surface area contributed by atoms with Crippen molar-refractivity contribution in [2.45, 2.75) is 40.2 Å². The highest BCUT2D eigenvalue weighted by Gasteiger charge is 2.29. The van der Waals surface area contributed by atoms with Gasteiger partial charge in [0, 0.05) is 6.04 Å². The van der Waals surface area contributed by atoms with Crippen molar-refractivity contribution in [1.29, 1.82) is 0 Å². The minimum atomic E-state index is 0.352. The zero-order valence-corrected chi connectivity index (χ0v) is 9.91. The van der Waals surface area contributed by atoms with Crippen molar-refractivity contribution in [3.05, 3.63) is 0 Å². The van der Waals surface area contributed by atoms with Crippen LogP contribution in [0.15, 0.2) is 0 Å². The van der Waals surface area contributed by atoms with Crippen LogP contribution in [0.3, 0.4) is 0 Å². The number of nitrogens with one attached hydrogen (secondary N) is 1. The normalized spacial score (nSPS) is 15.2. The monoisotopic (exact) mass is 189 g/mol. The van der Waals surface area contributed by atoms with E-state index >= 15 is 0 Å². The van der Waals surface area contributed by atoms with Gasteiger partial charge < -0.3 is 5.32 Å². The molecule has 0 radical (unpaired) electrons. The first-order valence-corrected chi connectivity index (χ1v) is 5.37.